The number of anilines is 1. The fraction of sp³-hybridized carbons (Fsp3) is 0.318. The van der Waals surface area contributed by atoms with Gasteiger partial charge in [-0.2, -0.15) is 0 Å². The Morgan fingerprint density at radius 1 is 1.11 bits per heavy atom. The van der Waals surface area contributed by atoms with Crippen molar-refractivity contribution in [2.24, 2.45) is 0 Å². The fourth-order valence-electron chi connectivity index (χ4n) is 2.71. The number of thioether (sulfide) groups is 1. The molecule has 28 heavy (non-hydrogen) atoms. The molecule has 0 aliphatic carbocycles. The number of benzene rings is 2. The van der Waals surface area contributed by atoms with Crippen LogP contribution in [0.5, 0.6) is 0 Å². The van der Waals surface area contributed by atoms with Crippen LogP contribution in [0.2, 0.25) is 0 Å². The van der Waals surface area contributed by atoms with Crippen molar-refractivity contribution in [2.75, 3.05) is 31.3 Å². The van der Waals surface area contributed by atoms with Gasteiger partial charge in [0.05, 0.1) is 24.9 Å². The lowest BCUT2D eigenvalue weighted by Gasteiger charge is -2.07. The van der Waals surface area contributed by atoms with E-state index in [0.29, 0.717) is 24.0 Å². The van der Waals surface area contributed by atoms with Crippen LogP contribution >= 0.6 is 11.8 Å². The monoisotopic (exact) mass is 397 g/mol. The summed E-state index contributed by atoms with van der Waals surface area (Å²) in [6.45, 7) is 1.85. The third kappa shape index (κ3) is 5.61. The Morgan fingerprint density at radius 2 is 1.86 bits per heavy atom. The Kier molecular flexibility index (Phi) is 6.00. The summed E-state index contributed by atoms with van der Waals surface area (Å²) >= 11 is 1.84. The minimum absolute atomic E-state index is 0.0391. The van der Waals surface area contributed by atoms with Gasteiger partial charge in [-0.15, -0.1) is 11.8 Å². The maximum atomic E-state index is 12.4. The molecule has 0 saturated carbocycles. The molecule has 2 aliphatic rings. The van der Waals surface area contributed by atoms with Gasteiger partial charge in [-0.05, 0) is 41.8 Å². The Bertz CT molecular complexity index is 857. The SMILES string of the molecule is Nc1ccc(/C=C/c2ccc(SCCC3CO3)cc2)c(C(=O)OCC2CO2)c1. The predicted octanol–water partition coefficient (Wildman–Crippen LogP) is 3.88. The number of carbonyl (C=O) groups excluding carboxylic acids is 1. The largest absolute Gasteiger partial charge is 0.459 e. The molecule has 0 aromatic heterocycles. The molecule has 2 N–H and O–H groups in total. The number of nitrogen functional groups attached to an aromatic ring is 1. The number of carbonyl (C=O) groups is 1. The number of hydrogen-bond donors (Lipinski definition) is 1. The van der Waals surface area contributed by atoms with Crippen LogP contribution in [0.4, 0.5) is 5.69 Å². The van der Waals surface area contributed by atoms with Gasteiger partial charge >= 0.3 is 5.97 Å². The van der Waals surface area contributed by atoms with E-state index in [9.17, 15) is 4.79 Å². The van der Waals surface area contributed by atoms with E-state index < -0.39 is 0 Å². The van der Waals surface area contributed by atoms with Gasteiger partial charge in [-0.3, -0.25) is 0 Å². The van der Waals surface area contributed by atoms with Crippen molar-refractivity contribution in [1.82, 2.24) is 0 Å². The minimum atomic E-state index is -0.381. The number of epoxide rings is 2. The minimum Gasteiger partial charge on any atom is -0.459 e. The molecule has 6 heteroatoms. The standard InChI is InChI=1S/C22H23NO4S/c23-17-6-5-16(21(11-17)22(24)27-14-19-13-26-19)4-1-15-2-7-20(8-3-15)28-10-9-18-12-25-18/h1-8,11,18-19H,9-10,12-14,23H2/b4-1+. The number of nitrogens with two attached hydrogens (primary N) is 1. The van der Waals surface area contributed by atoms with Crippen LogP contribution in [-0.4, -0.2) is 43.8 Å². The molecule has 2 aromatic carbocycles. The van der Waals surface area contributed by atoms with E-state index in [1.165, 1.54) is 4.90 Å². The highest BCUT2D eigenvalue weighted by atomic mass is 32.2. The first kappa shape index (κ1) is 19.1. The Balaban J connectivity index is 1.39. The average Bonchev–Trinajstić information content (AvgIpc) is 3.61. The maximum absolute atomic E-state index is 12.4. The first-order valence-corrected chi connectivity index (χ1v) is 10.4. The van der Waals surface area contributed by atoms with Crippen LogP contribution in [0.15, 0.2) is 47.4 Å². The summed E-state index contributed by atoms with van der Waals surface area (Å²) in [4.78, 5) is 13.6. The molecule has 2 aliphatic heterocycles. The lowest BCUT2D eigenvalue weighted by atomic mass is 10.0. The highest BCUT2D eigenvalue weighted by Gasteiger charge is 2.25. The average molecular weight is 397 g/mol. The smallest absolute Gasteiger partial charge is 0.338 e. The highest BCUT2D eigenvalue weighted by Crippen LogP contribution is 2.24. The third-order valence-electron chi connectivity index (χ3n) is 4.55. The van der Waals surface area contributed by atoms with Crippen molar-refractivity contribution in [3.63, 3.8) is 0 Å². The third-order valence-corrected chi connectivity index (χ3v) is 5.59. The molecular weight excluding hydrogens is 374 g/mol. The first-order chi connectivity index (χ1) is 13.7. The highest BCUT2D eigenvalue weighted by molar-refractivity contribution is 7.99. The first-order valence-electron chi connectivity index (χ1n) is 9.38. The summed E-state index contributed by atoms with van der Waals surface area (Å²) in [5, 5.41) is 0. The molecule has 0 bridgehead atoms. The van der Waals surface area contributed by atoms with Crippen molar-refractivity contribution in [2.45, 2.75) is 23.5 Å². The quantitative estimate of drug-likeness (QED) is 0.228. The van der Waals surface area contributed by atoms with Crippen molar-refractivity contribution >= 4 is 35.6 Å². The Hall–Kier alpha value is -2.28. The summed E-state index contributed by atoms with van der Waals surface area (Å²) in [6, 6.07) is 13.7. The van der Waals surface area contributed by atoms with Gasteiger partial charge in [0.25, 0.3) is 0 Å². The predicted molar refractivity (Wildman–Crippen MR) is 111 cm³/mol. The summed E-state index contributed by atoms with van der Waals surface area (Å²) < 4.78 is 15.6. The number of esters is 1. The van der Waals surface area contributed by atoms with E-state index >= 15 is 0 Å². The summed E-state index contributed by atoms with van der Waals surface area (Å²) in [6.07, 6.45) is 5.52. The molecule has 2 atom stereocenters. The van der Waals surface area contributed by atoms with Crippen molar-refractivity contribution in [1.29, 1.82) is 0 Å². The lowest BCUT2D eigenvalue weighted by Crippen LogP contribution is -2.11. The molecule has 2 unspecified atom stereocenters. The van der Waals surface area contributed by atoms with Crippen LogP contribution in [-0.2, 0) is 14.2 Å². The van der Waals surface area contributed by atoms with Gasteiger partial charge < -0.3 is 19.9 Å². The van der Waals surface area contributed by atoms with Crippen molar-refractivity contribution in [3.05, 3.63) is 59.2 Å². The van der Waals surface area contributed by atoms with Gasteiger partial charge in [0.15, 0.2) is 0 Å². The van der Waals surface area contributed by atoms with Gasteiger partial charge in [0.2, 0.25) is 0 Å². The molecule has 4 rings (SSSR count). The van der Waals surface area contributed by atoms with Gasteiger partial charge in [0, 0.05) is 16.3 Å². The summed E-state index contributed by atoms with van der Waals surface area (Å²) in [5.74, 6) is 0.691. The molecular formula is C22H23NO4S. The Morgan fingerprint density at radius 3 is 2.57 bits per heavy atom. The molecule has 0 radical (unpaired) electrons. The van der Waals surface area contributed by atoms with Crippen LogP contribution < -0.4 is 5.73 Å². The lowest BCUT2D eigenvalue weighted by molar-refractivity contribution is 0.0476. The number of rotatable bonds is 9. The second-order valence-electron chi connectivity index (χ2n) is 6.90. The van der Waals surface area contributed by atoms with Crippen LogP contribution in [0.25, 0.3) is 12.2 Å². The zero-order valence-electron chi connectivity index (χ0n) is 15.5. The van der Waals surface area contributed by atoms with Crippen LogP contribution in [0.1, 0.15) is 27.9 Å². The summed E-state index contributed by atoms with van der Waals surface area (Å²) in [7, 11) is 0. The molecule has 2 heterocycles. The van der Waals surface area contributed by atoms with Gasteiger partial charge in [0.1, 0.15) is 12.7 Å². The fourth-order valence-corrected chi connectivity index (χ4v) is 3.66. The maximum Gasteiger partial charge on any atom is 0.338 e. The van der Waals surface area contributed by atoms with Crippen LogP contribution in [0.3, 0.4) is 0 Å². The Labute approximate surface area is 168 Å². The summed E-state index contributed by atoms with van der Waals surface area (Å²) in [5.41, 5.74) is 8.69. The van der Waals surface area contributed by atoms with E-state index in [4.69, 9.17) is 19.9 Å². The van der Waals surface area contributed by atoms with Crippen molar-refractivity contribution in [3.8, 4) is 0 Å². The van der Waals surface area contributed by atoms with Gasteiger partial charge in [-0.1, -0.05) is 30.4 Å². The molecule has 0 amide bonds. The van der Waals surface area contributed by atoms with Crippen molar-refractivity contribution < 1.29 is 19.0 Å². The number of hydrogen-bond acceptors (Lipinski definition) is 6. The molecule has 2 saturated heterocycles. The second kappa shape index (κ2) is 8.82. The van der Waals surface area contributed by atoms with Gasteiger partial charge in [-0.25, -0.2) is 4.79 Å². The normalized spacial score (nSPS) is 20.3. The topological polar surface area (TPSA) is 77.4 Å². The molecule has 2 aromatic rings. The van der Waals surface area contributed by atoms with E-state index in [1.54, 1.807) is 12.1 Å². The molecule has 5 nitrogen and oxygen atoms in total. The van der Waals surface area contributed by atoms with Crippen LogP contribution in [0, 0.1) is 0 Å². The van der Waals surface area contributed by atoms with E-state index in [2.05, 4.69) is 24.3 Å². The zero-order chi connectivity index (χ0) is 19.3. The zero-order valence-corrected chi connectivity index (χ0v) is 16.3. The van der Waals surface area contributed by atoms with E-state index in [1.807, 2.05) is 30.0 Å². The molecule has 0 spiro atoms. The van der Waals surface area contributed by atoms with E-state index in [0.717, 1.165) is 29.9 Å². The molecule has 146 valence electrons. The number of ether oxygens (including phenoxy) is 3. The second-order valence-corrected chi connectivity index (χ2v) is 8.06. The van der Waals surface area contributed by atoms with E-state index in [-0.39, 0.29) is 18.7 Å². The molecule has 2 fully saturated rings.